The molecule has 3 aromatic rings. The molecular weight excluding hydrogens is 411 g/mol. The fourth-order valence-corrected chi connectivity index (χ4v) is 2.60. The fourth-order valence-electron chi connectivity index (χ4n) is 2.60. The number of aryl methyl sites for hydroxylation is 1. The molecule has 0 aliphatic heterocycles. The summed E-state index contributed by atoms with van der Waals surface area (Å²) in [5, 5.41) is 2.63. The van der Waals surface area contributed by atoms with Crippen LogP contribution in [0.4, 0.5) is 13.2 Å². The molecule has 9 heteroatoms. The predicted molar refractivity (Wildman–Crippen MR) is 107 cm³/mol. The molecule has 0 saturated heterocycles. The van der Waals surface area contributed by atoms with Crippen LogP contribution in [0.3, 0.4) is 0 Å². The molecule has 1 heterocycles. The maximum Gasteiger partial charge on any atom is 0.451 e. The highest BCUT2D eigenvalue weighted by atomic mass is 19.4. The summed E-state index contributed by atoms with van der Waals surface area (Å²) >= 11 is 0. The van der Waals surface area contributed by atoms with Crippen molar-refractivity contribution < 1.29 is 27.4 Å². The quantitative estimate of drug-likeness (QED) is 0.575. The number of halogens is 3. The van der Waals surface area contributed by atoms with E-state index >= 15 is 0 Å². The van der Waals surface area contributed by atoms with Gasteiger partial charge in [-0.25, -0.2) is 4.98 Å². The van der Waals surface area contributed by atoms with E-state index in [1.165, 1.54) is 0 Å². The van der Waals surface area contributed by atoms with Gasteiger partial charge in [-0.1, -0.05) is 29.8 Å². The smallest absolute Gasteiger partial charge is 0.451 e. The molecule has 0 aliphatic rings. The molecule has 0 radical (unpaired) electrons. The van der Waals surface area contributed by atoms with Gasteiger partial charge >= 0.3 is 6.18 Å². The predicted octanol–water partition coefficient (Wildman–Crippen LogP) is 4.92. The Morgan fingerprint density at radius 3 is 2.23 bits per heavy atom. The lowest BCUT2D eigenvalue weighted by atomic mass is 10.2. The van der Waals surface area contributed by atoms with E-state index in [1.54, 1.807) is 31.2 Å². The average molecular weight is 431 g/mol. The number of carbonyl (C=O) groups excluding carboxylic acids is 1. The second kappa shape index (κ2) is 9.46. The van der Waals surface area contributed by atoms with Crippen LogP contribution in [0.5, 0.6) is 17.4 Å². The van der Waals surface area contributed by atoms with Crippen LogP contribution in [0, 0.1) is 6.92 Å². The van der Waals surface area contributed by atoms with Gasteiger partial charge in [-0.05, 0) is 43.7 Å². The molecule has 3 rings (SSSR count). The molecule has 1 aromatic heterocycles. The number of nitrogens with zero attached hydrogens (tertiary/aromatic N) is 2. The minimum Gasteiger partial charge on any atom is -0.477 e. The Morgan fingerprint density at radius 1 is 1.03 bits per heavy atom. The lowest BCUT2D eigenvalue weighted by molar-refractivity contribution is -0.145. The molecule has 0 bridgehead atoms. The first-order valence-electron chi connectivity index (χ1n) is 9.45. The maximum atomic E-state index is 12.8. The summed E-state index contributed by atoms with van der Waals surface area (Å²) in [4.78, 5) is 19.0. The highest BCUT2D eigenvalue weighted by Crippen LogP contribution is 2.28. The van der Waals surface area contributed by atoms with Crippen LogP contribution in [0.1, 0.15) is 34.2 Å². The lowest BCUT2D eigenvalue weighted by Crippen LogP contribution is -2.25. The zero-order valence-electron chi connectivity index (χ0n) is 16.9. The van der Waals surface area contributed by atoms with Crippen molar-refractivity contribution in [3.05, 3.63) is 77.2 Å². The average Bonchev–Trinajstić information content (AvgIpc) is 2.74. The first kappa shape index (κ1) is 22.1. The number of hydrogen-bond donors (Lipinski definition) is 1. The van der Waals surface area contributed by atoms with E-state index in [2.05, 4.69) is 15.3 Å². The largest absolute Gasteiger partial charge is 0.477 e. The molecule has 0 atom stereocenters. The van der Waals surface area contributed by atoms with Gasteiger partial charge < -0.3 is 14.8 Å². The molecule has 1 N–H and O–H groups in total. The Kier molecular flexibility index (Phi) is 6.74. The Balaban J connectivity index is 1.64. The molecule has 0 spiro atoms. The summed E-state index contributed by atoms with van der Waals surface area (Å²) in [5.41, 5.74) is 1.73. The van der Waals surface area contributed by atoms with Crippen LogP contribution in [0.2, 0.25) is 0 Å². The van der Waals surface area contributed by atoms with Crippen LogP contribution < -0.4 is 14.8 Å². The van der Waals surface area contributed by atoms with Crippen molar-refractivity contribution in [1.29, 1.82) is 0 Å². The van der Waals surface area contributed by atoms with E-state index < -0.39 is 23.8 Å². The number of nitrogens with one attached hydrogen (secondary N) is 1. The van der Waals surface area contributed by atoms with Gasteiger partial charge in [0.1, 0.15) is 17.1 Å². The van der Waals surface area contributed by atoms with Gasteiger partial charge in [0, 0.05) is 12.7 Å². The van der Waals surface area contributed by atoms with Crippen molar-refractivity contribution in [2.24, 2.45) is 0 Å². The zero-order valence-corrected chi connectivity index (χ0v) is 16.9. The standard InChI is InChI=1S/C22H20F3N3O3/c1-3-30-20-18(13-27-21(28-20)22(23,24)25)19(29)26-12-15-6-10-17(11-7-15)31-16-8-4-14(2)5-9-16/h4-11,13H,3,12H2,1-2H3,(H,26,29). The summed E-state index contributed by atoms with van der Waals surface area (Å²) in [6.07, 6.45) is -3.92. The first-order chi connectivity index (χ1) is 14.8. The molecule has 1 amide bonds. The second-order valence-electron chi connectivity index (χ2n) is 6.58. The molecule has 31 heavy (non-hydrogen) atoms. The van der Waals surface area contributed by atoms with Crippen LogP contribution in [-0.2, 0) is 12.7 Å². The minimum absolute atomic E-state index is 0.0526. The highest BCUT2D eigenvalue weighted by Gasteiger charge is 2.36. The van der Waals surface area contributed by atoms with E-state index in [0.717, 1.165) is 17.3 Å². The number of aromatic nitrogens is 2. The van der Waals surface area contributed by atoms with Crippen molar-refractivity contribution in [2.75, 3.05) is 6.61 Å². The monoisotopic (exact) mass is 431 g/mol. The van der Waals surface area contributed by atoms with Gasteiger partial charge in [-0.2, -0.15) is 18.2 Å². The molecule has 2 aromatic carbocycles. The van der Waals surface area contributed by atoms with Crippen molar-refractivity contribution in [3.8, 4) is 17.4 Å². The summed E-state index contributed by atoms with van der Waals surface area (Å²) < 4.78 is 49.3. The number of hydrogen-bond acceptors (Lipinski definition) is 5. The molecule has 0 fully saturated rings. The Bertz CT molecular complexity index is 1040. The third kappa shape index (κ3) is 5.94. The van der Waals surface area contributed by atoms with E-state index in [-0.39, 0.29) is 18.7 Å². The molecule has 0 unspecified atom stereocenters. The van der Waals surface area contributed by atoms with E-state index in [0.29, 0.717) is 11.5 Å². The first-order valence-corrected chi connectivity index (χ1v) is 9.45. The summed E-state index contributed by atoms with van der Waals surface area (Å²) in [6.45, 7) is 3.77. The van der Waals surface area contributed by atoms with Crippen LogP contribution in [0.25, 0.3) is 0 Å². The molecule has 0 saturated carbocycles. The van der Waals surface area contributed by atoms with Gasteiger partial charge in [0.05, 0.1) is 6.61 Å². The number of benzene rings is 2. The molecule has 6 nitrogen and oxygen atoms in total. The molecule has 162 valence electrons. The minimum atomic E-state index is -4.73. The SMILES string of the molecule is CCOc1nc(C(F)(F)F)ncc1C(=O)NCc1ccc(Oc2ccc(C)cc2)cc1. The third-order valence-electron chi connectivity index (χ3n) is 4.17. The number of carbonyl (C=O) groups is 1. The van der Waals surface area contributed by atoms with Crippen molar-refractivity contribution in [1.82, 2.24) is 15.3 Å². The van der Waals surface area contributed by atoms with Gasteiger partial charge in [-0.15, -0.1) is 0 Å². The third-order valence-corrected chi connectivity index (χ3v) is 4.17. The zero-order chi connectivity index (χ0) is 22.4. The summed E-state index contributed by atoms with van der Waals surface area (Å²) in [7, 11) is 0. The van der Waals surface area contributed by atoms with E-state index in [4.69, 9.17) is 9.47 Å². The normalized spacial score (nSPS) is 11.1. The Morgan fingerprint density at radius 2 is 1.65 bits per heavy atom. The van der Waals surface area contributed by atoms with Crippen LogP contribution >= 0.6 is 0 Å². The van der Waals surface area contributed by atoms with E-state index in [9.17, 15) is 18.0 Å². The van der Waals surface area contributed by atoms with Crippen molar-refractivity contribution >= 4 is 5.91 Å². The number of alkyl halides is 3. The van der Waals surface area contributed by atoms with Crippen molar-refractivity contribution in [2.45, 2.75) is 26.6 Å². The van der Waals surface area contributed by atoms with Crippen molar-refractivity contribution in [3.63, 3.8) is 0 Å². The van der Waals surface area contributed by atoms with Gasteiger partial charge in [0.25, 0.3) is 5.91 Å². The number of rotatable bonds is 7. The van der Waals surface area contributed by atoms with Gasteiger partial charge in [-0.3, -0.25) is 4.79 Å². The fraction of sp³-hybridized carbons (Fsp3) is 0.227. The maximum absolute atomic E-state index is 12.8. The van der Waals surface area contributed by atoms with Crippen LogP contribution in [0.15, 0.2) is 54.7 Å². The van der Waals surface area contributed by atoms with Gasteiger partial charge in [0.15, 0.2) is 0 Å². The Hall–Kier alpha value is -3.62. The van der Waals surface area contributed by atoms with Crippen LogP contribution in [-0.4, -0.2) is 22.5 Å². The summed E-state index contributed by atoms with van der Waals surface area (Å²) in [6, 6.07) is 14.7. The van der Waals surface area contributed by atoms with E-state index in [1.807, 2.05) is 31.2 Å². The second-order valence-corrected chi connectivity index (χ2v) is 6.58. The molecular formula is C22H20F3N3O3. The molecule has 0 aliphatic carbocycles. The number of amides is 1. The number of ether oxygens (including phenoxy) is 2. The highest BCUT2D eigenvalue weighted by molar-refractivity contribution is 5.96. The summed E-state index contributed by atoms with van der Waals surface area (Å²) in [5.74, 6) is -1.08. The lowest BCUT2D eigenvalue weighted by Gasteiger charge is -2.12. The Labute approximate surface area is 177 Å². The topological polar surface area (TPSA) is 73.3 Å². The van der Waals surface area contributed by atoms with Gasteiger partial charge in [0.2, 0.25) is 11.7 Å².